The summed E-state index contributed by atoms with van der Waals surface area (Å²) in [5.41, 5.74) is 0.209. The summed E-state index contributed by atoms with van der Waals surface area (Å²) in [5, 5.41) is 11.3. The Hall–Kier alpha value is 0.140. The molecule has 1 heterocycles. The van der Waals surface area contributed by atoms with Gasteiger partial charge in [-0.25, -0.2) is 4.21 Å². The molecule has 0 bridgehead atoms. The first-order chi connectivity index (χ1) is 7.54. The van der Waals surface area contributed by atoms with Gasteiger partial charge in [0.1, 0.15) is 0 Å². The third-order valence-corrected chi connectivity index (χ3v) is 7.06. The summed E-state index contributed by atoms with van der Waals surface area (Å²) in [4.78, 5) is 0. The van der Waals surface area contributed by atoms with Crippen molar-refractivity contribution in [2.24, 2.45) is 0 Å². The van der Waals surface area contributed by atoms with Crippen molar-refractivity contribution in [2.45, 2.75) is 0 Å². The quantitative estimate of drug-likeness (QED) is 0.443. The topological polar surface area (TPSA) is 67.3 Å². The molecule has 1 aliphatic heterocycles. The lowest BCUT2D eigenvalue weighted by Gasteiger charge is -2.12. The highest BCUT2D eigenvalue weighted by Gasteiger charge is 2.33. The van der Waals surface area contributed by atoms with E-state index in [1.54, 1.807) is 0 Å². The predicted molar refractivity (Wildman–Crippen MR) is 72.6 cm³/mol. The summed E-state index contributed by atoms with van der Waals surface area (Å²) in [6, 6.07) is 0. The zero-order valence-corrected chi connectivity index (χ0v) is 11.5. The summed E-state index contributed by atoms with van der Waals surface area (Å²) in [7, 11) is 4.24. The second kappa shape index (κ2) is 6.18. The molecule has 0 aromatic heterocycles. The minimum absolute atomic E-state index is 0.0285. The normalized spacial score (nSPS) is 20.4. The van der Waals surface area contributed by atoms with Crippen LogP contribution in [0.1, 0.15) is 0 Å². The number of nitrogens with one attached hydrogen (secondary N) is 1. The fraction of sp³-hybridized carbons (Fsp3) is 0.167. The molecule has 0 fully saturated rings. The molecule has 16 heavy (non-hydrogen) atoms. The number of aliphatic hydroxyl groups is 1. The molecule has 0 aromatic carbocycles. The van der Waals surface area contributed by atoms with Gasteiger partial charge in [-0.15, -0.1) is 5.43 Å². The molecule has 1 aliphatic rings. The van der Waals surface area contributed by atoms with Crippen LogP contribution < -0.4 is 5.43 Å². The Balaban J connectivity index is 2.55. The van der Waals surface area contributed by atoms with Crippen LogP contribution in [0.4, 0.5) is 0 Å². The van der Waals surface area contributed by atoms with E-state index >= 15 is 0 Å². The van der Waals surface area contributed by atoms with E-state index in [-0.39, 0.29) is 5.17 Å². The van der Waals surface area contributed by atoms with Crippen molar-refractivity contribution >= 4 is 63.7 Å². The van der Waals surface area contributed by atoms with Gasteiger partial charge in [-0.2, -0.15) is 9.43 Å². The Morgan fingerprint density at radius 2 is 2.38 bits per heavy atom. The molecule has 0 aromatic rings. The minimum Gasteiger partial charge on any atom is -0.341 e. The Morgan fingerprint density at radius 1 is 1.69 bits per heavy atom. The molecule has 0 aliphatic carbocycles. The number of hydrogen-bond acceptors (Lipinski definition) is 5. The lowest BCUT2D eigenvalue weighted by molar-refractivity contribution is -0.306. The molecular formula is C6H10N2O4PS3+2. The van der Waals surface area contributed by atoms with E-state index in [4.69, 9.17) is 20.5 Å². The largest absolute Gasteiger partial charge is 0.517 e. The van der Waals surface area contributed by atoms with Gasteiger partial charge in [0, 0.05) is 22.3 Å². The average Bonchev–Trinajstić information content (AvgIpc) is 2.67. The van der Waals surface area contributed by atoms with E-state index in [0.717, 1.165) is 10.9 Å². The van der Waals surface area contributed by atoms with E-state index in [9.17, 15) is 5.11 Å². The molecule has 0 saturated carbocycles. The highest BCUT2D eigenvalue weighted by Crippen LogP contribution is 2.57. The molecule has 10 heteroatoms. The summed E-state index contributed by atoms with van der Waals surface area (Å²) in [6.45, 7) is 6.45. The number of hydrogen-bond donors (Lipinski definition) is 2. The second-order valence-corrected chi connectivity index (χ2v) is 9.54. The van der Waals surface area contributed by atoms with Gasteiger partial charge in [-0.05, 0) is 0 Å². The molecule has 1 atom stereocenters. The summed E-state index contributed by atoms with van der Waals surface area (Å²) < 4.78 is 14.3. The number of rotatable bonds is 5. The Morgan fingerprint density at radius 3 is 2.81 bits per heavy atom. The van der Waals surface area contributed by atoms with Crippen molar-refractivity contribution in [1.29, 1.82) is 0 Å². The van der Waals surface area contributed by atoms with Crippen molar-refractivity contribution in [3.63, 3.8) is 0 Å². The average molecular weight is 301 g/mol. The molecule has 1 radical (unpaired) electrons. The van der Waals surface area contributed by atoms with Gasteiger partial charge in [0.15, 0.2) is 0 Å². The fourth-order valence-electron chi connectivity index (χ4n) is 0.708. The predicted octanol–water partition coefficient (Wildman–Crippen LogP) is 0.725. The van der Waals surface area contributed by atoms with Crippen molar-refractivity contribution in [1.82, 2.24) is 10.4 Å². The van der Waals surface area contributed by atoms with Gasteiger partial charge >= 0.3 is 10.9 Å². The molecule has 2 N–H and O–H groups in total. The van der Waals surface area contributed by atoms with Crippen LogP contribution in [0.15, 0.2) is 0 Å². The van der Waals surface area contributed by atoms with Crippen LogP contribution in [0.3, 0.4) is 0 Å². The highest BCUT2D eigenvalue weighted by atomic mass is 32.9. The third-order valence-electron chi connectivity index (χ3n) is 1.43. The molecule has 1 unspecified atom stereocenters. The Kier molecular flexibility index (Phi) is 5.48. The number of nitrogens with zero attached hydrogens (tertiary/aromatic N) is 1. The second-order valence-electron chi connectivity index (χ2n) is 2.32. The smallest absolute Gasteiger partial charge is 0.341 e. The van der Waals surface area contributed by atoms with Crippen LogP contribution >= 0.6 is 28.0 Å². The van der Waals surface area contributed by atoms with E-state index in [1.165, 1.54) is 16.4 Å². The SMILES string of the molecule is [CH2]OP(=S)([O+]=C)SCN1NC([O+]=C)=S=C1O. The minimum atomic E-state index is -2.54. The van der Waals surface area contributed by atoms with Crippen LogP contribution in [-0.2, 0) is 25.0 Å². The molecule has 89 valence electrons. The van der Waals surface area contributed by atoms with Crippen molar-refractivity contribution in [3.05, 3.63) is 7.11 Å². The zero-order chi connectivity index (χ0) is 12.2. The van der Waals surface area contributed by atoms with Gasteiger partial charge in [0.2, 0.25) is 5.17 Å². The maximum absolute atomic E-state index is 9.50. The van der Waals surface area contributed by atoms with E-state index in [2.05, 4.69) is 30.5 Å². The molecule has 6 nitrogen and oxygen atoms in total. The number of carbonyl (C=O) groups excluding carboxylic acids is 2. The highest BCUT2D eigenvalue weighted by molar-refractivity contribution is 8.67. The summed E-state index contributed by atoms with van der Waals surface area (Å²) in [5.74, 6) is 0.300. The van der Waals surface area contributed by atoms with Crippen LogP contribution in [0.5, 0.6) is 0 Å². The van der Waals surface area contributed by atoms with Gasteiger partial charge in [-0.1, -0.05) is 0 Å². The van der Waals surface area contributed by atoms with Gasteiger partial charge in [0.25, 0.3) is 13.6 Å². The molecule has 0 saturated heterocycles. The zero-order valence-electron chi connectivity index (χ0n) is 8.12. The van der Waals surface area contributed by atoms with Gasteiger partial charge < -0.3 is 5.11 Å². The first kappa shape index (κ1) is 14.2. The fourth-order valence-corrected chi connectivity index (χ4v) is 3.70. The molecule has 0 spiro atoms. The van der Waals surface area contributed by atoms with E-state index in [0.29, 0.717) is 11.1 Å². The third kappa shape index (κ3) is 3.57. The lowest BCUT2D eigenvalue weighted by atomic mass is 11.0. The number of hydrazine groups is 1. The van der Waals surface area contributed by atoms with Crippen LogP contribution in [0, 0.1) is 7.11 Å². The standard InChI is InChI=1S/C6H9N2O4PS3/c1-10-5-7-8(6(9)16-5)4-15-13(14,11-2)12-3/h7H,1-4H2/q+1/p+1. The lowest BCUT2D eigenvalue weighted by Crippen LogP contribution is -2.40. The first-order valence-corrected chi connectivity index (χ1v) is 8.78. The van der Waals surface area contributed by atoms with Crippen LogP contribution in [0.25, 0.3) is 0 Å². The maximum Gasteiger partial charge on any atom is 0.517 e. The van der Waals surface area contributed by atoms with Gasteiger partial charge in [0.05, 0.1) is 24.8 Å². The Bertz CT molecular complexity index is 420. The maximum atomic E-state index is 9.50. The van der Waals surface area contributed by atoms with Crippen molar-refractivity contribution in [3.8, 4) is 0 Å². The summed E-state index contributed by atoms with van der Waals surface area (Å²) in [6.07, 6.45) is 0. The molecule has 0 amide bonds. The van der Waals surface area contributed by atoms with Crippen LogP contribution in [0.2, 0.25) is 0 Å². The number of aliphatic hydroxyl groups excluding tert-OH is 1. The van der Waals surface area contributed by atoms with Crippen molar-refractivity contribution < 1.29 is 18.3 Å². The van der Waals surface area contributed by atoms with Crippen LogP contribution in [-0.4, -0.2) is 39.9 Å². The van der Waals surface area contributed by atoms with Gasteiger partial charge in [-0.3, -0.25) is 4.52 Å². The van der Waals surface area contributed by atoms with E-state index < -0.39 is 5.69 Å². The first-order valence-electron chi connectivity index (χ1n) is 3.73. The van der Waals surface area contributed by atoms with Crippen molar-refractivity contribution in [2.75, 3.05) is 5.88 Å². The monoisotopic (exact) mass is 301 g/mol. The molecular weight excluding hydrogens is 291 g/mol. The molecule has 1 rings (SSSR count). The Labute approximate surface area is 105 Å². The summed E-state index contributed by atoms with van der Waals surface area (Å²) >= 11 is 6.21. The van der Waals surface area contributed by atoms with E-state index in [1.807, 2.05) is 0 Å².